The molecule has 0 aliphatic heterocycles. The number of carbonyl (C=O) groups is 1. The van der Waals surface area contributed by atoms with Crippen LogP contribution in [0, 0.1) is 0 Å². The first-order chi connectivity index (χ1) is 6.35. The van der Waals surface area contributed by atoms with Gasteiger partial charge in [-0.3, -0.25) is 0 Å². The molecule has 0 bridgehead atoms. The molecule has 0 aliphatic rings. The number of hydrogen-bond acceptors (Lipinski definition) is 4. The zero-order valence-electron chi connectivity index (χ0n) is 7.69. The summed E-state index contributed by atoms with van der Waals surface area (Å²) in [6.45, 7) is 3.30. The molecule has 1 aromatic rings. The molecule has 1 heterocycles. The van der Waals surface area contributed by atoms with Crippen molar-refractivity contribution in [2.75, 3.05) is 0 Å². The molecule has 0 aliphatic carbocycles. The summed E-state index contributed by atoms with van der Waals surface area (Å²) in [5, 5.41) is 18.8. The lowest BCUT2D eigenvalue weighted by molar-refractivity contribution is -0.150. The fourth-order valence-corrected chi connectivity index (χ4v) is 2.31. The van der Waals surface area contributed by atoms with E-state index in [9.17, 15) is 9.90 Å². The van der Waals surface area contributed by atoms with Gasteiger partial charge in [0.2, 0.25) is 0 Å². The molecule has 14 heavy (non-hydrogen) atoms. The van der Waals surface area contributed by atoms with Crippen molar-refractivity contribution in [1.29, 1.82) is 0 Å². The Morgan fingerprint density at radius 2 is 2.29 bits per heavy atom. The standard InChI is InChI=1S/C8H10BrNO3S/c1-8(2,5(11)6(12)13)7-10-3-4(9)14-7/h3,5,11H,1-2H3,(H,12,13). The van der Waals surface area contributed by atoms with Crippen LogP contribution in [0.4, 0.5) is 0 Å². The second kappa shape index (κ2) is 3.96. The van der Waals surface area contributed by atoms with E-state index in [-0.39, 0.29) is 0 Å². The van der Waals surface area contributed by atoms with Crippen LogP contribution < -0.4 is 0 Å². The minimum atomic E-state index is -1.44. The highest BCUT2D eigenvalue weighted by molar-refractivity contribution is 9.11. The van der Waals surface area contributed by atoms with Crippen molar-refractivity contribution in [2.45, 2.75) is 25.4 Å². The quantitative estimate of drug-likeness (QED) is 0.882. The molecule has 0 amide bonds. The van der Waals surface area contributed by atoms with Crippen LogP contribution in [0.2, 0.25) is 0 Å². The number of rotatable bonds is 3. The molecule has 1 rings (SSSR count). The molecule has 78 valence electrons. The minimum Gasteiger partial charge on any atom is -0.479 e. The Morgan fingerprint density at radius 1 is 1.71 bits per heavy atom. The lowest BCUT2D eigenvalue weighted by Gasteiger charge is -2.24. The number of carboxylic acid groups (broad SMARTS) is 1. The van der Waals surface area contributed by atoms with Crippen LogP contribution in [0.25, 0.3) is 0 Å². The summed E-state index contributed by atoms with van der Waals surface area (Å²) in [7, 11) is 0. The van der Waals surface area contributed by atoms with Crippen LogP contribution in [-0.2, 0) is 10.2 Å². The molecule has 1 unspecified atom stereocenters. The number of aliphatic hydroxyl groups excluding tert-OH is 1. The van der Waals surface area contributed by atoms with E-state index < -0.39 is 17.5 Å². The lowest BCUT2D eigenvalue weighted by Crippen LogP contribution is -2.39. The van der Waals surface area contributed by atoms with E-state index >= 15 is 0 Å². The van der Waals surface area contributed by atoms with Crippen molar-refractivity contribution in [2.24, 2.45) is 0 Å². The van der Waals surface area contributed by atoms with E-state index in [0.29, 0.717) is 5.01 Å². The number of hydrogen-bond donors (Lipinski definition) is 2. The van der Waals surface area contributed by atoms with Crippen LogP contribution in [0.5, 0.6) is 0 Å². The Labute approximate surface area is 93.7 Å². The number of aliphatic hydroxyl groups is 1. The van der Waals surface area contributed by atoms with Gasteiger partial charge in [-0.15, -0.1) is 11.3 Å². The van der Waals surface area contributed by atoms with Crippen molar-refractivity contribution < 1.29 is 15.0 Å². The predicted molar refractivity (Wildman–Crippen MR) is 56.5 cm³/mol. The normalized spacial score (nSPS) is 14.0. The molecule has 4 nitrogen and oxygen atoms in total. The van der Waals surface area contributed by atoms with E-state index in [2.05, 4.69) is 20.9 Å². The van der Waals surface area contributed by atoms with Gasteiger partial charge in [0.1, 0.15) is 5.01 Å². The Balaban J connectivity index is 3.01. The van der Waals surface area contributed by atoms with Gasteiger partial charge in [-0.25, -0.2) is 9.78 Å². The maximum Gasteiger partial charge on any atom is 0.333 e. The largest absolute Gasteiger partial charge is 0.479 e. The maximum atomic E-state index is 10.6. The summed E-state index contributed by atoms with van der Waals surface area (Å²) in [6, 6.07) is 0. The van der Waals surface area contributed by atoms with Crippen LogP contribution in [-0.4, -0.2) is 27.3 Å². The number of thiazole rings is 1. The van der Waals surface area contributed by atoms with Crippen LogP contribution in [0.1, 0.15) is 18.9 Å². The minimum absolute atomic E-state index is 0.597. The summed E-state index contributed by atoms with van der Waals surface area (Å²) < 4.78 is 0.818. The Morgan fingerprint density at radius 3 is 2.64 bits per heavy atom. The topological polar surface area (TPSA) is 70.4 Å². The third-order valence-electron chi connectivity index (χ3n) is 1.95. The monoisotopic (exact) mass is 279 g/mol. The molecular formula is C8H10BrNO3S. The van der Waals surface area contributed by atoms with Crippen molar-refractivity contribution >= 4 is 33.2 Å². The average molecular weight is 280 g/mol. The molecule has 0 fully saturated rings. The van der Waals surface area contributed by atoms with Gasteiger partial charge in [-0.1, -0.05) is 13.8 Å². The number of aliphatic carboxylic acids is 1. The van der Waals surface area contributed by atoms with Crippen LogP contribution in [0.15, 0.2) is 9.98 Å². The highest BCUT2D eigenvalue weighted by atomic mass is 79.9. The summed E-state index contributed by atoms with van der Waals surface area (Å²) in [5.41, 5.74) is -0.872. The van der Waals surface area contributed by atoms with Gasteiger partial charge in [-0.05, 0) is 15.9 Å². The summed E-state index contributed by atoms with van der Waals surface area (Å²) in [6.07, 6.45) is 0.150. The summed E-state index contributed by atoms with van der Waals surface area (Å²) >= 11 is 4.56. The van der Waals surface area contributed by atoms with E-state index in [1.807, 2.05) is 0 Å². The molecule has 0 radical (unpaired) electrons. The van der Waals surface area contributed by atoms with Gasteiger partial charge < -0.3 is 10.2 Å². The van der Waals surface area contributed by atoms with E-state index in [4.69, 9.17) is 5.11 Å². The fraction of sp³-hybridized carbons (Fsp3) is 0.500. The summed E-state index contributed by atoms with van der Waals surface area (Å²) in [4.78, 5) is 14.7. The molecule has 0 saturated carbocycles. The van der Waals surface area contributed by atoms with Gasteiger partial charge >= 0.3 is 5.97 Å². The molecular weight excluding hydrogens is 270 g/mol. The second-order valence-electron chi connectivity index (χ2n) is 3.43. The first-order valence-electron chi connectivity index (χ1n) is 3.88. The molecule has 1 atom stereocenters. The van der Waals surface area contributed by atoms with Crippen molar-refractivity contribution in [1.82, 2.24) is 4.98 Å². The second-order valence-corrected chi connectivity index (χ2v) is 5.84. The molecule has 0 saturated heterocycles. The van der Waals surface area contributed by atoms with Gasteiger partial charge in [0, 0.05) is 0 Å². The molecule has 1 aromatic heterocycles. The van der Waals surface area contributed by atoms with E-state index in [1.165, 1.54) is 11.3 Å². The zero-order chi connectivity index (χ0) is 10.9. The molecule has 2 N–H and O–H groups in total. The third-order valence-corrected chi connectivity index (χ3v) is 3.76. The van der Waals surface area contributed by atoms with Crippen LogP contribution >= 0.6 is 27.3 Å². The Hall–Kier alpha value is -0.460. The van der Waals surface area contributed by atoms with Crippen LogP contribution in [0.3, 0.4) is 0 Å². The number of aromatic nitrogens is 1. The Bertz CT molecular complexity index is 350. The van der Waals surface area contributed by atoms with Crippen molar-refractivity contribution in [3.63, 3.8) is 0 Å². The smallest absolute Gasteiger partial charge is 0.333 e. The van der Waals surface area contributed by atoms with Gasteiger partial charge in [0.25, 0.3) is 0 Å². The first kappa shape index (κ1) is 11.6. The zero-order valence-corrected chi connectivity index (χ0v) is 10.1. The highest BCUT2D eigenvalue weighted by Crippen LogP contribution is 2.32. The molecule has 6 heteroatoms. The fourth-order valence-electron chi connectivity index (χ4n) is 0.978. The van der Waals surface area contributed by atoms with Gasteiger partial charge in [-0.2, -0.15) is 0 Å². The lowest BCUT2D eigenvalue weighted by atomic mass is 9.87. The summed E-state index contributed by atoms with van der Waals surface area (Å²) in [5.74, 6) is -1.23. The van der Waals surface area contributed by atoms with Crippen molar-refractivity contribution in [3.8, 4) is 0 Å². The third kappa shape index (κ3) is 2.13. The molecule has 0 spiro atoms. The van der Waals surface area contributed by atoms with Gasteiger partial charge in [0.15, 0.2) is 6.10 Å². The average Bonchev–Trinajstić information content (AvgIpc) is 2.50. The first-order valence-corrected chi connectivity index (χ1v) is 5.49. The maximum absolute atomic E-state index is 10.6. The highest BCUT2D eigenvalue weighted by Gasteiger charge is 2.37. The van der Waals surface area contributed by atoms with Gasteiger partial charge in [0.05, 0.1) is 15.4 Å². The number of carboxylic acids is 1. The number of halogens is 1. The SMILES string of the molecule is CC(C)(c1ncc(Br)s1)C(O)C(=O)O. The van der Waals surface area contributed by atoms with Crippen molar-refractivity contribution in [3.05, 3.63) is 15.0 Å². The Kier molecular flexibility index (Phi) is 3.28. The van der Waals surface area contributed by atoms with E-state index in [0.717, 1.165) is 3.79 Å². The number of nitrogens with zero attached hydrogens (tertiary/aromatic N) is 1. The van der Waals surface area contributed by atoms with E-state index in [1.54, 1.807) is 20.0 Å². The molecule has 0 aromatic carbocycles. The predicted octanol–water partition coefficient (Wildman–Crippen LogP) is 1.63.